The maximum atomic E-state index is 12.1. The van der Waals surface area contributed by atoms with Gasteiger partial charge in [0.05, 0.1) is 12.3 Å². The number of benzene rings is 2. The van der Waals surface area contributed by atoms with Crippen molar-refractivity contribution in [3.63, 3.8) is 0 Å². The fourth-order valence-corrected chi connectivity index (χ4v) is 2.00. The minimum absolute atomic E-state index is 0.241. The quantitative estimate of drug-likeness (QED) is 0.677. The van der Waals surface area contributed by atoms with Crippen LogP contribution in [0.1, 0.15) is 35.3 Å². The van der Waals surface area contributed by atoms with Crippen molar-refractivity contribution in [3.8, 4) is 5.75 Å². The first kappa shape index (κ1) is 15.8. The van der Waals surface area contributed by atoms with E-state index in [4.69, 9.17) is 4.74 Å². The third kappa shape index (κ3) is 4.19. The van der Waals surface area contributed by atoms with Gasteiger partial charge in [0.15, 0.2) is 0 Å². The van der Waals surface area contributed by atoms with E-state index in [0.717, 1.165) is 22.6 Å². The van der Waals surface area contributed by atoms with Gasteiger partial charge in [0.2, 0.25) is 0 Å². The molecule has 0 unspecified atom stereocenters. The van der Waals surface area contributed by atoms with Crippen LogP contribution in [-0.4, -0.2) is 18.2 Å². The van der Waals surface area contributed by atoms with Gasteiger partial charge in [-0.15, -0.1) is 0 Å². The number of hydrogen-bond acceptors (Lipinski definition) is 3. The first-order chi connectivity index (χ1) is 10.6. The van der Waals surface area contributed by atoms with Crippen molar-refractivity contribution in [1.29, 1.82) is 0 Å². The molecule has 0 radical (unpaired) electrons. The maximum absolute atomic E-state index is 12.1. The molecule has 0 aliphatic carbocycles. The average molecular weight is 296 g/mol. The Morgan fingerprint density at radius 2 is 1.86 bits per heavy atom. The number of amides is 1. The number of carbonyl (C=O) groups is 1. The van der Waals surface area contributed by atoms with Crippen molar-refractivity contribution in [1.82, 2.24) is 5.43 Å². The summed E-state index contributed by atoms with van der Waals surface area (Å²) >= 11 is 0. The Morgan fingerprint density at radius 1 is 1.14 bits per heavy atom. The first-order valence-electron chi connectivity index (χ1n) is 7.24. The largest absolute Gasteiger partial charge is 0.494 e. The van der Waals surface area contributed by atoms with Gasteiger partial charge in [-0.05, 0) is 50.6 Å². The Balaban J connectivity index is 2.03. The maximum Gasteiger partial charge on any atom is 0.271 e. The van der Waals surface area contributed by atoms with Crippen molar-refractivity contribution in [2.45, 2.75) is 20.8 Å². The number of nitrogens with one attached hydrogen (secondary N) is 1. The SMILES string of the molecule is CCOc1ccc(C(=O)NN=C(C)c2cccc(C)c2)cc1. The van der Waals surface area contributed by atoms with Gasteiger partial charge < -0.3 is 4.74 Å². The van der Waals surface area contributed by atoms with E-state index in [1.54, 1.807) is 24.3 Å². The summed E-state index contributed by atoms with van der Waals surface area (Å²) in [5.41, 5.74) is 6.04. The lowest BCUT2D eigenvalue weighted by atomic mass is 10.1. The molecule has 1 amide bonds. The highest BCUT2D eigenvalue weighted by molar-refractivity contribution is 6.00. The van der Waals surface area contributed by atoms with Crippen molar-refractivity contribution in [2.75, 3.05) is 6.61 Å². The predicted octanol–water partition coefficient (Wildman–Crippen LogP) is 3.55. The van der Waals surface area contributed by atoms with Crippen molar-refractivity contribution >= 4 is 11.6 Å². The number of ether oxygens (including phenoxy) is 1. The van der Waals surface area contributed by atoms with Crippen LogP contribution in [0.4, 0.5) is 0 Å². The number of carbonyl (C=O) groups excluding carboxylic acids is 1. The topological polar surface area (TPSA) is 50.7 Å². The van der Waals surface area contributed by atoms with Crippen LogP contribution in [0, 0.1) is 6.92 Å². The van der Waals surface area contributed by atoms with Gasteiger partial charge in [-0.2, -0.15) is 5.10 Å². The van der Waals surface area contributed by atoms with Gasteiger partial charge in [-0.25, -0.2) is 5.43 Å². The van der Waals surface area contributed by atoms with Gasteiger partial charge in [0, 0.05) is 5.56 Å². The molecule has 0 saturated carbocycles. The van der Waals surface area contributed by atoms with Gasteiger partial charge in [-0.3, -0.25) is 4.79 Å². The summed E-state index contributed by atoms with van der Waals surface area (Å²) in [5.74, 6) is 0.508. The molecule has 2 rings (SSSR count). The molecule has 0 saturated heterocycles. The lowest BCUT2D eigenvalue weighted by Gasteiger charge is -2.05. The van der Waals surface area contributed by atoms with E-state index < -0.39 is 0 Å². The summed E-state index contributed by atoms with van der Waals surface area (Å²) in [7, 11) is 0. The van der Waals surface area contributed by atoms with Gasteiger partial charge in [0.1, 0.15) is 5.75 Å². The fraction of sp³-hybridized carbons (Fsp3) is 0.222. The lowest BCUT2D eigenvalue weighted by molar-refractivity contribution is 0.0955. The molecule has 0 heterocycles. The van der Waals surface area contributed by atoms with Crippen molar-refractivity contribution in [2.24, 2.45) is 5.10 Å². The summed E-state index contributed by atoms with van der Waals surface area (Å²) in [5, 5.41) is 4.16. The van der Waals surface area contributed by atoms with Gasteiger partial charge >= 0.3 is 0 Å². The summed E-state index contributed by atoms with van der Waals surface area (Å²) in [4.78, 5) is 12.1. The number of rotatable bonds is 5. The molecule has 0 aliphatic heterocycles. The standard InChI is InChI=1S/C18H20N2O2/c1-4-22-17-10-8-15(9-11-17)18(21)20-19-14(3)16-7-5-6-13(2)12-16/h5-12H,4H2,1-3H3,(H,20,21). The molecule has 0 atom stereocenters. The smallest absolute Gasteiger partial charge is 0.271 e. The molecule has 2 aromatic carbocycles. The van der Waals surface area contributed by atoms with Crippen LogP contribution in [0.5, 0.6) is 5.75 Å². The van der Waals surface area contributed by atoms with Crippen LogP contribution >= 0.6 is 0 Å². The highest BCUT2D eigenvalue weighted by Gasteiger charge is 2.05. The molecular formula is C18H20N2O2. The zero-order valence-corrected chi connectivity index (χ0v) is 13.1. The molecule has 114 valence electrons. The molecule has 0 aromatic heterocycles. The number of aryl methyl sites for hydroxylation is 1. The number of nitrogens with zero attached hydrogens (tertiary/aromatic N) is 1. The van der Waals surface area contributed by atoms with Crippen LogP contribution in [0.25, 0.3) is 0 Å². The molecule has 0 bridgehead atoms. The van der Waals surface area contributed by atoms with E-state index in [1.807, 2.05) is 45.0 Å². The highest BCUT2D eigenvalue weighted by atomic mass is 16.5. The van der Waals surface area contributed by atoms with Crippen molar-refractivity contribution in [3.05, 3.63) is 65.2 Å². The monoisotopic (exact) mass is 296 g/mol. The second kappa shape index (κ2) is 7.41. The Hall–Kier alpha value is -2.62. The Labute approximate surface area is 130 Å². The Bertz CT molecular complexity index is 676. The van der Waals surface area contributed by atoms with Crippen LogP contribution in [0.3, 0.4) is 0 Å². The summed E-state index contributed by atoms with van der Waals surface area (Å²) < 4.78 is 5.35. The van der Waals surface area contributed by atoms with E-state index in [1.165, 1.54) is 0 Å². The van der Waals surface area contributed by atoms with Gasteiger partial charge in [0.25, 0.3) is 5.91 Å². The molecule has 0 aliphatic rings. The highest BCUT2D eigenvalue weighted by Crippen LogP contribution is 2.12. The minimum Gasteiger partial charge on any atom is -0.494 e. The Morgan fingerprint density at radius 3 is 2.50 bits per heavy atom. The predicted molar refractivity (Wildman–Crippen MR) is 88.5 cm³/mol. The molecule has 22 heavy (non-hydrogen) atoms. The normalized spacial score (nSPS) is 11.1. The molecule has 2 aromatic rings. The zero-order chi connectivity index (χ0) is 15.9. The third-order valence-corrected chi connectivity index (χ3v) is 3.19. The Kier molecular flexibility index (Phi) is 5.31. The number of hydrogen-bond donors (Lipinski definition) is 1. The van der Waals surface area contributed by atoms with Crippen LogP contribution in [-0.2, 0) is 0 Å². The van der Waals surface area contributed by atoms with Crippen molar-refractivity contribution < 1.29 is 9.53 Å². The molecule has 4 nitrogen and oxygen atoms in total. The summed E-state index contributed by atoms with van der Waals surface area (Å²) in [6.07, 6.45) is 0. The van der Waals surface area contributed by atoms with Crippen LogP contribution in [0.2, 0.25) is 0 Å². The first-order valence-corrected chi connectivity index (χ1v) is 7.24. The molecule has 4 heteroatoms. The van der Waals surface area contributed by atoms with E-state index in [-0.39, 0.29) is 5.91 Å². The lowest BCUT2D eigenvalue weighted by Crippen LogP contribution is -2.19. The fourth-order valence-electron chi connectivity index (χ4n) is 2.00. The summed E-state index contributed by atoms with van der Waals surface area (Å²) in [6.45, 7) is 6.41. The van der Waals surface area contributed by atoms with E-state index in [9.17, 15) is 4.79 Å². The second-order valence-corrected chi connectivity index (χ2v) is 4.97. The van der Waals surface area contributed by atoms with Crippen LogP contribution < -0.4 is 10.2 Å². The van der Waals surface area contributed by atoms with E-state index in [2.05, 4.69) is 10.5 Å². The summed E-state index contributed by atoms with van der Waals surface area (Å²) in [6, 6.07) is 15.0. The third-order valence-electron chi connectivity index (χ3n) is 3.19. The van der Waals surface area contributed by atoms with E-state index >= 15 is 0 Å². The molecule has 0 fully saturated rings. The molecule has 1 N–H and O–H groups in total. The second-order valence-electron chi connectivity index (χ2n) is 4.97. The molecular weight excluding hydrogens is 276 g/mol. The van der Waals surface area contributed by atoms with Crippen LogP contribution in [0.15, 0.2) is 53.6 Å². The van der Waals surface area contributed by atoms with Gasteiger partial charge in [-0.1, -0.05) is 29.8 Å². The minimum atomic E-state index is -0.241. The van der Waals surface area contributed by atoms with E-state index in [0.29, 0.717) is 12.2 Å². The number of hydrazone groups is 1. The zero-order valence-electron chi connectivity index (χ0n) is 13.1. The molecule has 0 spiro atoms. The average Bonchev–Trinajstić information content (AvgIpc) is 2.53.